The van der Waals surface area contributed by atoms with E-state index >= 15 is 0 Å². The van der Waals surface area contributed by atoms with E-state index in [1.165, 1.54) is 53.1 Å². The van der Waals surface area contributed by atoms with Crippen molar-refractivity contribution in [2.24, 2.45) is 0 Å². The third-order valence-corrected chi connectivity index (χ3v) is 10.7. The molecule has 10 aromatic rings. The molecule has 3 heterocycles. The fraction of sp³-hybridized carbons (Fsp3) is 0. The molecule has 0 spiro atoms. The van der Waals surface area contributed by atoms with Crippen LogP contribution in [-0.4, -0.2) is 19.5 Å². The average Bonchev–Trinajstić information content (AvgIpc) is 3.75. The molecule has 0 radical (unpaired) electrons. The normalized spacial score (nSPS) is 11.6. The van der Waals surface area contributed by atoms with Crippen LogP contribution < -0.4 is 0 Å². The molecule has 50 heavy (non-hydrogen) atoms. The lowest BCUT2D eigenvalue weighted by molar-refractivity contribution is 1.08. The fourth-order valence-electron chi connectivity index (χ4n) is 7.17. The Bertz CT molecular complexity index is 2800. The van der Waals surface area contributed by atoms with E-state index in [-0.39, 0.29) is 0 Å². The second-order valence-corrected chi connectivity index (χ2v) is 13.5. The summed E-state index contributed by atoms with van der Waals surface area (Å²) in [5, 5.41) is 4.84. The average molecular weight is 657 g/mol. The number of rotatable bonds is 5. The van der Waals surface area contributed by atoms with Gasteiger partial charge in [-0.05, 0) is 53.6 Å². The van der Waals surface area contributed by atoms with Crippen molar-refractivity contribution in [1.29, 1.82) is 0 Å². The highest BCUT2D eigenvalue weighted by Gasteiger charge is 2.20. The molecule has 4 nitrogen and oxygen atoms in total. The van der Waals surface area contributed by atoms with E-state index < -0.39 is 0 Å². The quantitative estimate of drug-likeness (QED) is 0.185. The number of benzene rings is 7. The Morgan fingerprint density at radius 2 is 0.960 bits per heavy atom. The fourth-order valence-corrected chi connectivity index (χ4v) is 8.43. The molecule has 0 saturated carbocycles. The van der Waals surface area contributed by atoms with E-state index in [0.29, 0.717) is 17.5 Å². The number of fused-ring (bicyclic) bond motifs is 6. The van der Waals surface area contributed by atoms with Crippen molar-refractivity contribution >= 4 is 53.3 Å². The molecule has 0 unspecified atom stereocenters. The highest BCUT2D eigenvalue weighted by molar-refractivity contribution is 7.26. The number of thiophene rings is 1. The first-order valence-corrected chi connectivity index (χ1v) is 17.5. The van der Waals surface area contributed by atoms with Gasteiger partial charge in [0.15, 0.2) is 17.5 Å². The van der Waals surface area contributed by atoms with E-state index in [4.69, 9.17) is 15.0 Å². The number of hydrogen-bond acceptors (Lipinski definition) is 4. The molecule has 0 saturated heterocycles. The molecule has 10 rings (SSSR count). The second-order valence-electron chi connectivity index (χ2n) is 12.4. The lowest BCUT2D eigenvalue weighted by Gasteiger charge is -2.12. The van der Waals surface area contributed by atoms with Gasteiger partial charge in [-0.15, -0.1) is 11.3 Å². The summed E-state index contributed by atoms with van der Waals surface area (Å²) in [5.41, 5.74) is 8.85. The first-order chi connectivity index (χ1) is 24.8. The van der Waals surface area contributed by atoms with Gasteiger partial charge in [0.05, 0.1) is 11.0 Å². The zero-order chi connectivity index (χ0) is 33.0. The van der Waals surface area contributed by atoms with Crippen molar-refractivity contribution in [2.45, 2.75) is 0 Å². The zero-order valence-electron chi connectivity index (χ0n) is 26.9. The molecule has 0 bridgehead atoms. The molecule has 234 valence electrons. The van der Waals surface area contributed by atoms with Gasteiger partial charge in [0, 0.05) is 53.3 Å². The monoisotopic (exact) mass is 656 g/mol. The van der Waals surface area contributed by atoms with Crippen LogP contribution in [-0.2, 0) is 0 Å². The summed E-state index contributed by atoms with van der Waals surface area (Å²) in [6.07, 6.45) is 0. The molecule has 0 aliphatic carbocycles. The highest BCUT2D eigenvalue weighted by atomic mass is 32.1. The van der Waals surface area contributed by atoms with Gasteiger partial charge in [-0.25, -0.2) is 15.0 Å². The molecular formula is C45H28N4S. The molecule has 3 aromatic heterocycles. The SMILES string of the molecule is c1ccc(-c2nc(-c3ccccc3)nc(-c3ccc(-c4ccc5c(c4)c4ccccc4n5-c4ccccc4)c4sc5ccccc5c34)n2)cc1. The Morgan fingerprint density at radius 1 is 0.400 bits per heavy atom. The summed E-state index contributed by atoms with van der Waals surface area (Å²) in [5.74, 6) is 1.98. The number of nitrogens with zero attached hydrogens (tertiary/aromatic N) is 4. The Hall–Kier alpha value is -6.43. The lowest BCUT2D eigenvalue weighted by atomic mass is 9.97. The summed E-state index contributed by atoms with van der Waals surface area (Å²) >= 11 is 1.83. The van der Waals surface area contributed by atoms with E-state index in [1.807, 2.05) is 47.7 Å². The van der Waals surface area contributed by atoms with Gasteiger partial charge in [0.2, 0.25) is 0 Å². The van der Waals surface area contributed by atoms with E-state index in [2.05, 4.69) is 138 Å². The third kappa shape index (κ3) is 4.63. The van der Waals surface area contributed by atoms with Gasteiger partial charge >= 0.3 is 0 Å². The second kappa shape index (κ2) is 11.6. The predicted molar refractivity (Wildman–Crippen MR) is 209 cm³/mol. The van der Waals surface area contributed by atoms with Gasteiger partial charge < -0.3 is 4.57 Å². The predicted octanol–water partition coefficient (Wildman–Crippen LogP) is 12.0. The molecule has 0 N–H and O–H groups in total. The summed E-state index contributed by atoms with van der Waals surface area (Å²) < 4.78 is 4.82. The minimum Gasteiger partial charge on any atom is -0.309 e. The maximum Gasteiger partial charge on any atom is 0.164 e. The third-order valence-electron chi connectivity index (χ3n) is 9.46. The van der Waals surface area contributed by atoms with Gasteiger partial charge in [-0.3, -0.25) is 0 Å². The zero-order valence-corrected chi connectivity index (χ0v) is 27.7. The van der Waals surface area contributed by atoms with Crippen LogP contribution in [0.2, 0.25) is 0 Å². The van der Waals surface area contributed by atoms with Crippen LogP contribution in [0.3, 0.4) is 0 Å². The molecule has 5 heteroatoms. The van der Waals surface area contributed by atoms with E-state index in [0.717, 1.165) is 22.4 Å². The van der Waals surface area contributed by atoms with Crippen molar-refractivity contribution in [2.75, 3.05) is 0 Å². The number of aromatic nitrogens is 4. The highest BCUT2D eigenvalue weighted by Crippen LogP contribution is 2.45. The van der Waals surface area contributed by atoms with Crippen molar-refractivity contribution in [3.05, 3.63) is 170 Å². The molecule has 0 aliphatic heterocycles. The summed E-state index contributed by atoms with van der Waals surface area (Å²) in [6, 6.07) is 59.6. The number of para-hydroxylation sites is 2. The molecule has 0 fully saturated rings. The first-order valence-electron chi connectivity index (χ1n) is 16.7. The van der Waals surface area contributed by atoms with Crippen LogP contribution in [0.1, 0.15) is 0 Å². The smallest absolute Gasteiger partial charge is 0.164 e. The first kappa shape index (κ1) is 28.6. The van der Waals surface area contributed by atoms with Crippen molar-refractivity contribution < 1.29 is 0 Å². The van der Waals surface area contributed by atoms with Gasteiger partial charge in [-0.2, -0.15) is 0 Å². The van der Waals surface area contributed by atoms with Gasteiger partial charge in [0.25, 0.3) is 0 Å². The van der Waals surface area contributed by atoms with Crippen LogP contribution in [0.5, 0.6) is 0 Å². The van der Waals surface area contributed by atoms with Crippen LogP contribution in [0.4, 0.5) is 0 Å². The standard InChI is InChI=1S/C45H28N4S/c1-4-14-29(15-5-1)43-46-44(30-16-6-2-7-17-30)48-45(47-43)36-26-25-33(42-41(36)35-21-11-13-23-40(35)50-42)31-24-27-39-37(28-31)34-20-10-12-22-38(34)49(39)32-18-8-3-9-19-32/h1-28H. The topological polar surface area (TPSA) is 43.6 Å². The summed E-state index contributed by atoms with van der Waals surface area (Å²) in [6.45, 7) is 0. The summed E-state index contributed by atoms with van der Waals surface area (Å²) in [7, 11) is 0. The lowest BCUT2D eigenvalue weighted by Crippen LogP contribution is -2.00. The largest absolute Gasteiger partial charge is 0.309 e. The molecule has 7 aromatic carbocycles. The van der Waals surface area contributed by atoms with Crippen LogP contribution >= 0.6 is 11.3 Å². The minimum absolute atomic E-state index is 0.659. The minimum atomic E-state index is 0.659. The van der Waals surface area contributed by atoms with Gasteiger partial charge in [-0.1, -0.05) is 127 Å². The Kier molecular flexibility index (Phi) is 6.64. The van der Waals surface area contributed by atoms with Crippen LogP contribution in [0.15, 0.2) is 170 Å². The summed E-state index contributed by atoms with van der Waals surface area (Å²) in [4.78, 5) is 15.2. The van der Waals surface area contributed by atoms with Crippen molar-refractivity contribution in [3.8, 4) is 51.0 Å². The molecule has 0 aliphatic rings. The van der Waals surface area contributed by atoms with Gasteiger partial charge in [0.1, 0.15) is 0 Å². The number of hydrogen-bond donors (Lipinski definition) is 0. The molecular weight excluding hydrogens is 629 g/mol. The van der Waals surface area contributed by atoms with E-state index in [1.54, 1.807) is 0 Å². The Balaban J connectivity index is 1.22. The Labute approximate surface area is 292 Å². The Morgan fingerprint density at radius 3 is 1.68 bits per heavy atom. The molecule has 0 atom stereocenters. The molecule has 0 amide bonds. The maximum atomic E-state index is 5.12. The van der Waals surface area contributed by atoms with Crippen LogP contribution in [0.25, 0.3) is 93.0 Å². The van der Waals surface area contributed by atoms with Crippen molar-refractivity contribution in [1.82, 2.24) is 19.5 Å². The van der Waals surface area contributed by atoms with E-state index in [9.17, 15) is 0 Å². The van der Waals surface area contributed by atoms with Crippen LogP contribution in [0, 0.1) is 0 Å². The maximum absolute atomic E-state index is 5.12. The van der Waals surface area contributed by atoms with Crippen molar-refractivity contribution in [3.63, 3.8) is 0 Å².